The Morgan fingerprint density at radius 2 is 1.83 bits per heavy atom. The maximum absolute atomic E-state index is 12.1. The molecule has 2 rings (SSSR count). The maximum Gasteiger partial charge on any atom is 0.229 e. The summed E-state index contributed by atoms with van der Waals surface area (Å²) < 4.78 is 1.82. The van der Waals surface area contributed by atoms with Gasteiger partial charge in [-0.15, -0.1) is 0 Å². The molecule has 4 heteroatoms. The largest absolute Gasteiger partial charge is 0.287 e. The van der Waals surface area contributed by atoms with E-state index in [1.807, 2.05) is 36.0 Å². The van der Waals surface area contributed by atoms with Crippen LogP contribution in [0.25, 0.3) is 0 Å². The maximum atomic E-state index is 12.1. The molecule has 0 amide bonds. The molecule has 1 aromatic heterocycles. The van der Waals surface area contributed by atoms with Crippen LogP contribution in [0.2, 0.25) is 10.0 Å². The molecule has 1 heterocycles. The van der Waals surface area contributed by atoms with Crippen LogP contribution in [0.3, 0.4) is 0 Å². The zero-order valence-electron chi connectivity index (χ0n) is 9.86. The number of pyridine rings is 1. The summed E-state index contributed by atoms with van der Waals surface area (Å²) in [4.78, 5) is 12.1. The van der Waals surface area contributed by atoms with Crippen molar-refractivity contribution in [1.29, 1.82) is 0 Å². The lowest BCUT2D eigenvalue weighted by Gasteiger charge is -2.02. The van der Waals surface area contributed by atoms with Crippen LogP contribution in [0.5, 0.6) is 0 Å². The Bertz CT molecular complexity index is 579. The van der Waals surface area contributed by atoms with Crippen molar-refractivity contribution in [2.24, 2.45) is 0 Å². The van der Waals surface area contributed by atoms with Gasteiger partial charge in [0.1, 0.15) is 0 Å². The van der Waals surface area contributed by atoms with Crippen molar-refractivity contribution in [3.63, 3.8) is 0 Å². The molecule has 0 radical (unpaired) electrons. The number of carbonyl (C=O) groups excluding carboxylic acids is 1. The minimum absolute atomic E-state index is 0.0366. The first kappa shape index (κ1) is 13.1. The fourth-order valence-electron chi connectivity index (χ4n) is 1.60. The highest BCUT2D eigenvalue weighted by atomic mass is 35.5. The van der Waals surface area contributed by atoms with Crippen molar-refractivity contribution >= 4 is 29.0 Å². The third kappa shape index (κ3) is 3.09. The van der Waals surface area contributed by atoms with Gasteiger partial charge in [0.05, 0.1) is 5.02 Å². The number of nitrogens with zero attached hydrogens (tertiary/aromatic N) is 1. The second-order valence-corrected chi connectivity index (χ2v) is 4.94. The topological polar surface area (TPSA) is 20.9 Å². The van der Waals surface area contributed by atoms with Gasteiger partial charge in [-0.3, -0.25) is 4.79 Å². The van der Waals surface area contributed by atoms with Crippen LogP contribution in [0.1, 0.15) is 15.9 Å². The van der Waals surface area contributed by atoms with Gasteiger partial charge in [-0.25, -0.2) is 0 Å². The SMILES string of the molecule is Cc1cc[n+](CC(=O)c2ccc(Cl)cc2Cl)cc1. The van der Waals surface area contributed by atoms with Crippen molar-refractivity contribution in [2.75, 3.05) is 0 Å². The first-order valence-electron chi connectivity index (χ1n) is 5.50. The lowest BCUT2D eigenvalue weighted by atomic mass is 10.1. The summed E-state index contributed by atoms with van der Waals surface area (Å²) in [7, 11) is 0. The van der Waals surface area contributed by atoms with E-state index in [9.17, 15) is 4.79 Å². The fourth-order valence-corrected chi connectivity index (χ4v) is 2.12. The highest BCUT2D eigenvalue weighted by Gasteiger charge is 2.15. The Balaban J connectivity index is 2.19. The van der Waals surface area contributed by atoms with Crippen molar-refractivity contribution in [3.8, 4) is 0 Å². The summed E-state index contributed by atoms with van der Waals surface area (Å²) in [5, 5.41) is 0.916. The van der Waals surface area contributed by atoms with Gasteiger partial charge in [0.25, 0.3) is 0 Å². The lowest BCUT2D eigenvalue weighted by Crippen LogP contribution is -2.37. The molecule has 0 saturated carbocycles. The number of rotatable bonds is 3. The molecule has 0 atom stereocenters. The third-order valence-electron chi connectivity index (χ3n) is 2.62. The Morgan fingerprint density at radius 3 is 2.44 bits per heavy atom. The zero-order chi connectivity index (χ0) is 13.1. The molecule has 0 saturated heterocycles. The van der Waals surface area contributed by atoms with Crippen LogP contribution in [0.4, 0.5) is 0 Å². The third-order valence-corrected chi connectivity index (χ3v) is 3.16. The average molecular weight is 281 g/mol. The zero-order valence-corrected chi connectivity index (χ0v) is 11.4. The molecular formula is C14H12Cl2NO+. The van der Waals surface area contributed by atoms with Gasteiger partial charge < -0.3 is 0 Å². The van der Waals surface area contributed by atoms with E-state index >= 15 is 0 Å². The number of aromatic nitrogens is 1. The number of hydrogen-bond donors (Lipinski definition) is 0. The summed E-state index contributed by atoms with van der Waals surface area (Å²) in [6, 6.07) is 8.81. The molecule has 92 valence electrons. The van der Waals surface area contributed by atoms with E-state index in [4.69, 9.17) is 23.2 Å². The van der Waals surface area contributed by atoms with Crippen LogP contribution >= 0.6 is 23.2 Å². The van der Waals surface area contributed by atoms with Crippen molar-refractivity contribution in [1.82, 2.24) is 0 Å². The summed E-state index contributed by atoms with van der Waals surface area (Å²) in [6.07, 6.45) is 3.74. The predicted molar refractivity (Wildman–Crippen MR) is 72.2 cm³/mol. The van der Waals surface area contributed by atoms with E-state index in [2.05, 4.69) is 0 Å². The molecule has 0 bridgehead atoms. The van der Waals surface area contributed by atoms with E-state index in [-0.39, 0.29) is 12.3 Å². The number of ketones is 1. The quantitative estimate of drug-likeness (QED) is 0.623. The van der Waals surface area contributed by atoms with Crippen LogP contribution < -0.4 is 4.57 Å². The smallest absolute Gasteiger partial charge is 0.229 e. The van der Waals surface area contributed by atoms with E-state index in [1.165, 1.54) is 0 Å². The predicted octanol–water partition coefficient (Wildman–Crippen LogP) is 3.47. The summed E-state index contributed by atoms with van der Waals surface area (Å²) in [5.41, 5.74) is 1.65. The molecule has 0 fully saturated rings. The van der Waals surface area contributed by atoms with Gasteiger partial charge in [0.15, 0.2) is 12.4 Å². The monoisotopic (exact) mass is 280 g/mol. The number of aryl methyl sites for hydroxylation is 1. The van der Waals surface area contributed by atoms with Crippen molar-refractivity contribution < 1.29 is 9.36 Å². The first-order chi connectivity index (χ1) is 8.56. The molecular weight excluding hydrogens is 269 g/mol. The van der Waals surface area contributed by atoms with E-state index < -0.39 is 0 Å². The van der Waals surface area contributed by atoms with E-state index in [0.717, 1.165) is 5.56 Å². The van der Waals surface area contributed by atoms with Gasteiger partial charge >= 0.3 is 0 Å². The standard InChI is InChI=1S/C14H12Cl2NO/c1-10-4-6-17(7-5-10)9-14(18)12-3-2-11(15)8-13(12)16/h2-8H,9H2,1H3/q+1. The number of Topliss-reactive ketones (excluding diaryl/α,β-unsaturated/α-hetero) is 1. The van der Waals surface area contributed by atoms with Gasteiger partial charge in [0, 0.05) is 22.7 Å². The van der Waals surface area contributed by atoms with Crippen molar-refractivity contribution in [3.05, 3.63) is 63.9 Å². The molecule has 0 unspecified atom stereocenters. The Kier molecular flexibility index (Phi) is 4.00. The second-order valence-electron chi connectivity index (χ2n) is 4.10. The average Bonchev–Trinajstić information content (AvgIpc) is 2.32. The molecule has 0 aliphatic carbocycles. The van der Waals surface area contributed by atoms with Gasteiger partial charge in [-0.1, -0.05) is 23.2 Å². The summed E-state index contributed by atoms with van der Waals surface area (Å²) >= 11 is 11.8. The molecule has 0 aliphatic rings. The highest BCUT2D eigenvalue weighted by Crippen LogP contribution is 2.21. The minimum Gasteiger partial charge on any atom is -0.287 e. The van der Waals surface area contributed by atoms with E-state index in [1.54, 1.807) is 18.2 Å². The molecule has 2 aromatic rings. The molecule has 0 spiro atoms. The molecule has 2 nitrogen and oxygen atoms in total. The first-order valence-corrected chi connectivity index (χ1v) is 6.26. The summed E-state index contributed by atoms with van der Waals surface area (Å²) in [5.74, 6) is -0.0366. The number of hydrogen-bond acceptors (Lipinski definition) is 1. The number of halogens is 2. The fraction of sp³-hybridized carbons (Fsp3) is 0.143. The highest BCUT2D eigenvalue weighted by molar-refractivity contribution is 6.36. The second kappa shape index (κ2) is 5.51. The van der Waals surface area contributed by atoms with Gasteiger partial charge in [-0.2, -0.15) is 4.57 Å². The van der Waals surface area contributed by atoms with E-state index in [0.29, 0.717) is 15.6 Å². The Hall–Kier alpha value is -1.38. The lowest BCUT2D eigenvalue weighted by molar-refractivity contribution is -0.683. The van der Waals surface area contributed by atoms with Crippen molar-refractivity contribution in [2.45, 2.75) is 13.5 Å². The Morgan fingerprint density at radius 1 is 1.17 bits per heavy atom. The molecule has 18 heavy (non-hydrogen) atoms. The molecule has 0 aliphatic heterocycles. The normalized spacial score (nSPS) is 10.4. The number of benzene rings is 1. The Labute approximate surface area is 116 Å². The van der Waals surface area contributed by atoms with Crippen LogP contribution in [-0.4, -0.2) is 5.78 Å². The van der Waals surface area contributed by atoms with Crippen LogP contribution in [-0.2, 0) is 6.54 Å². The van der Waals surface area contributed by atoms with Gasteiger partial charge in [0.2, 0.25) is 12.3 Å². The van der Waals surface area contributed by atoms with Gasteiger partial charge in [-0.05, 0) is 30.7 Å². The molecule has 1 aromatic carbocycles. The number of carbonyl (C=O) groups is 1. The summed E-state index contributed by atoms with van der Waals surface area (Å²) in [6.45, 7) is 2.27. The molecule has 0 N–H and O–H groups in total. The van der Waals surface area contributed by atoms with Crippen LogP contribution in [0, 0.1) is 6.92 Å². The van der Waals surface area contributed by atoms with Crippen LogP contribution in [0.15, 0.2) is 42.7 Å². The minimum atomic E-state index is -0.0366.